The maximum atomic E-state index is 11.1. The minimum atomic E-state index is -0.922. The van der Waals surface area contributed by atoms with E-state index in [1.807, 2.05) is 37.3 Å². The molecular weight excluding hydrogens is 230 g/mol. The molecule has 0 heterocycles. The van der Waals surface area contributed by atoms with Crippen LogP contribution in [-0.2, 0) is 16.0 Å². The summed E-state index contributed by atoms with van der Waals surface area (Å²) in [5, 5.41) is 9.07. The van der Waals surface area contributed by atoms with Crippen molar-refractivity contribution in [3.63, 3.8) is 0 Å². The number of nitrogens with two attached hydrogens (primary N) is 1. The molecule has 0 bridgehead atoms. The Morgan fingerprint density at radius 3 is 2.61 bits per heavy atom. The van der Waals surface area contributed by atoms with Gasteiger partial charge in [-0.05, 0) is 24.8 Å². The maximum absolute atomic E-state index is 11.1. The van der Waals surface area contributed by atoms with Gasteiger partial charge in [-0.25, -0.2) is 4.79 Å². The summed E-state index contributed by atoms with van der Waals surface area (Å²) in [5.74, 6) is -0.922. The molecule has 100 valence electrons. The fourth-order valence-corrected chi connectivity index (χ4v) is 1.58. The second-order valence-electron chi connectivity index (χ2n) is 4.35. The third kappa shape index (κ3) is 5.29. The smallest absolute Gasteiger partial charge is 0.332 e. The number of hydrogen-bond acceptors (Lipinski definition) is 3. The Morgan fingerprint density at radius 1 is 1.39 bits per heavy atom. The van der Waals surface area contributed by atoms with Crippen molar-refractivity contribution in [2.75, 3.05) is 6.61 Å². The van der Waals surface area contributed by atoms with Crippen LogP contribution in [0.1, 0.15) is 25.3 Å². The van der Waals surface area contributed by atoms with Gasteiger partial charge >= 0.3 is 5.97 Å². The molecule has 0 amide bonds. The predicted molar refractivity (Wildman–Crippen MR) is 70.4 cm³/mol. The number of rotatable bonds is 8. The molecule has 4 nitrogen and oxygen atoms in total. The standard InChI is InChI=1S/C14H21NO3/c1-2-12(15)10-18-13(14(16)17)9-8-11-6-4-3-5-7-11/h3-7,12-13H,2,8-10,15H2,1H3,(H,16,17). The van der Waals surface area contributed by atoms with Gasteiger partial charge in [0.15, 0.2) is 6.10 Å². The van der Waals surface area contributed by atoms with Crippen LogP contribution >= 0.6 is 0 Å². The lowest BCUT2D eigenvalue weighted by molar-refractivity contribution is -0.151. The average Bonchev–Trinajstić information content (AvgIpc) is 2.39. The molecule has 0 aliphatic carbocycles. The zero-order chi connectivity index (χ0) is 13.4. The number of carboxylic acids is 1. The molecule has 0 radical (unpaired) electrons. The summed E-state index contributed by atoms with van der Waals surface area (Å²) in [6, 6.07) is 9.70. The molecule has 1 rings (SSSR count). The summed E-state index contributed by atoms with van der Waals surface area (Å²) in [6.45, 7) is 2.25. The van der Waals surface area contributed by atoms with Crippen LogP contribution in [0.3, 0.4) is 0 Å². The highest BCUT2D eigenvalue weighted by atomic mass is 16.5. The number of hydrogen-bond donors (Lipinski definition) is 2. The Bertz CT molecular complexity index is 353. The molecule has 1 aromatic carbocycles. The van der Waals surface area contributed by atoms with E-state index < -0.39 is 12.1 Å². The summed E-state index contributed by atoms with van der Waals surface area (Å²) in [6.07, 6.45) is 1.17. The Labute approximate surface area is 108 Å². The van der Waals surface area contributed by atoms with Crippen LogP contribution in [0.25, 0.3) is 0 Å². The molecule has 1 aromatic rings. The van der Waals surface area contributed by atoms with E-state index in [-0.39, 0.29) is 6.04 Å². The van der Waals surface area contributed by atoms with Crippen molar-refractivity contribution >= 4 is 5.97 Å². The molecule has 2 atom stereocenters. The fraction of sp³-hybridized carbons (Fsp3) is 0.500. The lowest BCUT2D eigenvalue weighted by Crippen LogP contribution is -2.32. The van der Waals surface area contributed by atoms with Crippen molar-refractivity contribution in [1.29, 1.82) is 0 Å². The molecule has 0 aromatic heterocycles. The molecule has 0 spiro atoms. The number of aliphatic carboxylic acids is 1. The van der Waals surface area contributed by atoms with E-state index in [0.717, 1.165) is 12.0 Å². The van der Waals surface area contributed by atoms with Gasteiger partial charge in [-0.1, -0.05) is 37.3 Å². The van der Waals surface area contributed by atoms with Gasteiger partial charge in [0.05, 0.1) is 6.61 Å². The van der Waals surface area contributed by atoms with Gasteiger partial charge in [-0.15, -0.1) is 0 Å². The number of aryl methyl sites for hydroxylation is 1. The zero-order valence-electron chi connectivity index (χ0n) is 10.7. The normalized spacial score (nSPS) is 14.1. The van der Waals surface area contributed by atoms with Crippen LogP contribution in [0, 0.1) is 0 Å². The molecule has 0 fully saturated rings. The first-order valence-electron chi connectivity index (χ1n) is 6.27. The van der Waals surface area contributed by atoms with Crippen molar-refractivity contribution in [3.05, 3.63) is 35.9 Å². The molecule has 18 heavy (non-hydrogen) atoms. The van der Waals surface area contributed by atoms with Crippen LogP contribution in [-0.4, -0.2) is 29.8 Å². The van der Waals surface area contributed by atoms with E-state index in [1.54, 1.807) is 0 Å². The van der Waals surface area contributed by atoms with E-state index in [0.29, 0.717) is 19.4 Å². The lowest BCUT2D eigenvalue weighted by atomic mass is 10.1. The van der Waals surface area contributed by atoms with Gasteiger partial charge in [0, 0.05) is 6.04 Å². The van der Waals surface area contributed by atoms with E-state index >= 15 is 0 Å². The summed E-state index contributed by atoms with van der Waals surface area (Å²) < 4.78 is 5.35. The minimum absolute atomic E-state index is 0.0939. The summed E-state index contributed by atoms with van der Waals surface area (Å²) in [5.41, 5.74) is 6.83. The van der Waals surface area contributed by atoms with E-state index in [9.17, 15) is 4.79 Å². The SMILES string of the molecule is CCC(N)COC(CCc1ccccc1)C(=O)O. The van der Waals surface area contributed by atoms with E-state index in [1.165, 1.54) is 0 Å². The zero-order valence-corrected chi connectivity index (χ0v) is 10.7. The molecule has 0 saturated carbocycles. The average molecular weight is 251 g/mol. The fourth-order valence-electron chi connectivity index (χ4n) is 1.58. The number of benzene rings is 1. The van der Waals surface area contributed by atoms with Gasteiger partial charge in [-0.2, -0.15) is 0 Å². The number of carbonyl (C=O) groups is 1. The Balaban J connectivity index is 2.41. The molecule has 3 N–H and O–H groups in total. The van der Waals surface area contributed by atoms with Crippen molar-refractivity contribution in [2.45, 2.75) is 38.3 Å². The molecule has 0 saturated heterocycles. The van der Waals surface area contributed by atoms with Crippen molar-refractivity contribution < 1.29 is 14.6 Å². The van der Waals surface area contributed by atoms with Crippen LogP contribution in [0.2, 0.25) is 0 Å². The predicted octanol–water partition coefficient (Wildman–Crippen LogP) is 1.83. The topological polar surface area (TPSA) is 72.5 Å². The van der Waals surface area contributed by atoms with Crippen molar-refractivity contribution in [1.82, 2.24) is 0 Å². The van der Waals surface area contributed by atoms with Gasteiger partial charge in [-0.3, -0.25) is 0 Å². The van der Waals surface area contributed by atoms with Gasteiger partial charge < -0.3 is 15.6 Å². The first-order valence-corrected chi connectivity index (χ1v) is 6.27. The van der Waals surface area contributed by atoms with E-state index in [4.69, 9.17) is 15.6 Å². The summed E-state index contributed by atoms with van der Waals surface area (Å²) in [4.78, 5) is 11.1. The highest BCUT2D eigenvalue weighted by Crippen LogP contribution is 2.08. The third-order valence-corrected chi connectivity index (χ3v) is 2.85. The van der Waals surface area contributed by atoms with Crippen molar-refractivity contribution in [3.8, 4) is 0 Å². The van der Waals surface area contributed by atoms with Crippen molar-refractivity contribution in [2.24, 2.45) is 5.73 Å². The summed E-state index contributed by atoms with van der Waals surface area (Å²) >= 11 is 0. The van der Waals surface area contributed by atoms with Gasteiger partial charge in [0.25, 0.3) is 0 Å². The first-order chi connectivity index (χ1) is 8.63. The maximum Gasteiger partial charge on any atom is 0.332 e. The Hall–Kier alpha value is -1.39. The second-order valence-corrected chi connectivity index (χ2v) is 4.35. The number of carboxylic acid groups (broad SMARTS) is 1. The number of ether oxygens (including phenoxy) is 1. The molecule has 0 aliphatic rings. The quantitative estimate of drug-likeness (QED) is 0.739. The summed E-state index contributed by atoms with van der Waals surface area (Å²) in [7, 11) is 0. The molecule has 2 unspecified atom stereocenters. The van der Waals surface area contributed by atoms with Crippen LogP contribution in [0.4, 0.5) is 0 Å². The van der Waals surface area contributed by atoms with E-state index in [2.05, 4.69) is 0 Å². The second kappa shape index (κ2) is 7.84. The molecule has 4 heteroatoms. The molecule has 0 aliphatic heterocycles. The monoisotopic (exact) mass is 251 g/mol. The van der Waals surface area contributed by atoms with Crippen LogP contribution < -0.4 is 5.73 Å². The lowest BCUT2D eigenvalue weighted by Gasteiger charge is -2.16. The highest BCUT2D eigenvalue weighted by Gasteiger charge is 2.18. The third-order valence-electron chi connectivity index (χ3n) is 2.85. The van der Waals surface area contributed by atoms with Gasteiger partial charge in [0.1, 0.15) is 0 Å². The minimum Gasteiger partial charge on any atom is -0.479 e. The Kier molecular flexibility index (Phi) is 6.39. The Morgan fingerprint density at radius 2 is 2.06 bits per heavy atom. The largest absolute Gasteiger partial charge is 0.479 e. The highest BCUT2D eigenvalue weighted by molar-refractivity contribution is 5.72. The van der Waals surface area contributed by atoms with Crippen LogP contribution in [0.5, 0.6) is 0 Å². The first kappa shape index (κ1) is 14.7. The molecular formula is C14H21NO3. The van der Waals surface area contributed by atoms with Crippen LogP contribution in [0.15, 0.2) is 30.3 Å². The van der Waals surface area contributed by atoms with Gasteiger partial charge in [0.2, 0.25) is 0 Å².